The molecule has 0 saturated carbocycles. The third-order valence-electron chi connectivity index (χ3n) is 4.75. The Morgan fingerprint density at radius 3 is 0.576 bits per heavy atom. The first-order valence-electron chi connectivity index (χ1n) is 10.5. The first-order valence-corrected chi connectivity index (χ1v) is 12.8. The van der Waals surface area contributed by atoms with Crippen molar-refractivity contribution in [3.8, 4) is 0 Å². The van der Waals surface area contributed by atoms with E-state index in [1.54, 1.807) is 0 Å². The molecule has 0 amide bonds. The van der Waals surface area contributed by atoms with Gasteiger partial charge in [0.05, 0.1) is 0 Å². The van der Waals surface area contributed by atoms with Crippen molar-refractivity contribution in [3.63, 3.8) is 0 Å². The van der Waals surface area contributed by atoms with Crippen molar-refractivity contribution in [1.29, 1.82) is 0 Å². The van der Waals surface area contributed by atoms with Crippen LogP contribution in [0, 0.1) is 27.7 Å². The molecule has 4 rings (SSSR count). The van der Waals surface area contributed by atoms with E-state index in [2.05, 4.69) is 113 Å². The zero-order valence-electron chi connectivity index (χ0n) is 19.9. The molecule has 4 atom stereocenters. The molecule has 0 bridgehead atoms. The molecule has 0 aliphatic carbocycles. The fraction of sp³-hybridized carbons (Fsp3) is 0.143. The van der Waals surface area contributed by atoms with E-state index in [-0.39, 0.29) is 20.4 Å². The van der Waals surface area contributed by atoms with Gasteiger partial charge in [-0.15, -0.1) is 37.0 Å². The molecule has 178 valence electrons. The van der Waals surface area contributed by atoms with Gasteiger partial charge in [0.25, 0.3) is 0 Å². The standard InChI is InChI=1S/4C7H9P.Pd/c4*1-6-4-2-3-5-7(6)8;/h4*2-5H,8H2,1H3;. The topological polar surface area (TPSA) is 0 Å². The first kappa shape index (κ1) is 32.3. The van der Waals surface area contributed by atoms with Crippen LogP contribution in [0.5, 0.6) is 0 Å². The van der Waals surface area contributed by atoms with E-state index < -0.39 is 0 Å². The third kappa shape index (κ3) is 14.3. The minimum absolute atomic E-state index is 0. The summed E-state index contributed by atoms with van der Waals surface area (Å²) >= 11 is 0. The Morgan fingerprint density at radius 1 is 0.333 bits per heavy atom. The van der Waals surface area contributed by atoms with E-state index in [4.69, 9.17) is 0 Å². The summed E-state index contributed by atoms with van der Waals surface area (Å²) in [6.45, 7) is 8.40. The monoisotopic (exact) mass is 602 g/mol. The smallest absolute Gasteiger partial charge is 0 e. The Morgan fingerprint density at radius 2 is 0.485 bits per heavy atom. The van der Waals surface area contributed by atoms with Gasteiger partial charge in [-0.3, -0.25) is 0 Å². The van der Waals surface area contributed by atoms with Crippen LogP contribution in [0.3, 0.4) is 0 Å². The van der Waals surface area contributed by atoms with Crippen molar-refractivity contribution in [2.24, 2.45) is 0 Å². The molecule has 0 aliphatic heterocycles. The van der Waals surface area contributed by atoms with Gasteiger partial charge in [0.2, 0.25) is 0 Å². The van der Waals surface area contributed by atoms with E-state index in [1.807, 2.05) is 48.5 Å². The third-order valence-corrected chi connectivity index (χ3v) is 7.35. The Bertz CT molecular complexity index is 822. The maximum absolute atomic E-state index is 2.69. The normalized spacial score (nSPS) is 8.97. The van der Waals surface area contributed by atoms with E-state index >= 15 is 0 Å². The Kier molecular flexibility index (Phi) is 18.2. The molecule has 4 unspecified atom stereocenters. The van der Waals surface area contributed by atoms with Crippen LogP contribution >= 0.6 is 37.0 Å². The number of aryl methyl sites for hydroxylation is 4. The fourth-order valence-corrected chi connectivity index (χ4v) is 3.18. The Balaban J connectivity index is 0.000000410. The molecule has 33 heavy (non-hydrogen) atoms. The van der Waals surface area contributed by atoms with Crippen molar-refractivity contribution in [3.05, 3.63) is 119 Å². The molecule has 0 aliphatic rings. The van der Waals surface area contributed by atoms with Crippen molar-refractivity contribution in [1.82, 2.24) is 0 Å². The molecule has 0 nitrogen and oxygen atoms in total. The van der Waals surface area contributed by atoms with Crippen LogP contribution in [0.1, 0.15) is 22.3 Å². The summed E-state index contributed by atoms with van der Waals surface area (Å²) in [6.07, 6.45) is 0. The van der Waals surface area contributed by atoms with Crippen LogP contribution in [0.15, 0.2) is 97.1 Å². The Labute approximate surface area is 224 Å². The summed E-state index contributed by atoms with van der Waals surface area (Å²) in [5, 5.41) is 5.14. The fourth-order valence-electron chi connectivity index (χ4n) is 2.35. The molecular formula is C28H36P4Pd. The molecule has 0 saturated heterocycles. The number of hydrogen-bond donors (Lipinski definition) is 0. The van der Waals surface area contributed by atoms with Gasteiger partial charge in [-0.2, -0.15) is 0 Å². The van der Waals surface area contributed by atoms with E-state index in [1.165, 1.54) is 43.5 Å². The summed E-state index contributed by atoms with van der Waals surface area (Å²) in [7, 11) is 10.7. The van der Waals surface area contributed by atoms with Gasteiger partial charge in [-0.05, 0) is 71.2 Å². The van der Waals surface area contributed by atoms with Crippen LogP contribution in [0.25, 0.3) is 0 Å². The molecule has 0 heterocycles. The molecule has 4 aromatic carbocycles. The van der Waals surface area contributed by atoms with Gasteiger partial charge < -0.3 is 0 Å². The largest absolute Gasteiger partial charge is 0.105 e. The molecule has 5 heteroatoms. The summed E-state index contributed by atoms with van der Waals surface area (Å²) in [5.41, 5.74) is 5.32. The molecular weight excluding hydrogens is 567 g/mol. The molecule has 0 fully saturated rings. The van der Waals surface area contributed by atoms with E-state index in [0.717, 1.165) is 0 Å². The van der Waals surface area contributed by atoms with Crippen molar-refractivity contribution >= 4 is 58.2 Å². The SMILES string of the molecule is Cc1ccccc1P.Cc1ccccc1P.Cc1ccccc1P.Cc1ccccc1P.[Pd]. The first-order chi connectivity index (χ1) is 15.2. The van der Waals surface area contributed by atoms with Crippen LogP contribution in [0.4, 0.5) is 0 Å². The van der Waals surface area contributed by atoms with Crippen LogP contribution in [0.2, 0.25) is 0 Å². The maximum atomic E-state index is 2.69. The molecule has 0 radical (unpaired) electrons. The second kappa shape index (κ2) is 18.6. The summed E-state index contributed by atoms with van der Waals surface area (Å²) < 4.78 is 0. The zero-order chi connectivity index (χ0) is 23.9. The average molecular weight is 603 g/mol. The average Bonchev–Trinajstić information content (AvgIpc) is 2.78. The second-order valence-electron chi connectivity index (χ2n) is 7.43. The summed E-state index contributed by atoms with van der Waals surface area (Å²) in [6, 6.07) is 33.1. The van der Waals surface area contributed by atoms with Crippen LogP contribution in [-0.2, 0) is 20.4 Å². The van der Waals surface area contributed by atoms with Crippen molar-refractivity contribution < 1.29 is 20.4 Å². The quantitative estimate of drug-likeness (QED) is 0.172. The number of hydrogen-bond acceptors (Lipinski definition) is 0. The van der Waals surface area contributed by atoms with Gasteiger partial charge in [0.1, 0.15) is 0 Å². The zero-order valence-corrected chi connectivity index (χ0v) is 26.0. The molecule has 0 aromatic heterocycles. The Hall–Kier alpha value is -0.738. The molecule has 0 spiro atoms. The maximum Gasteiger partial charge on any atom is 0 e. The van der Waals surface area contributed by atoms with E-state index in [0.29, 0.717) is 0 Å². The second-order valence-corrected chi connectivity index (χ2v) is 9.91. The summed E-state index contributed by atoms with van der Waals surface area (Å²) in [5.74, 6) is 0. The molecule has 4 aromatic rings. The van der Waals surface area contributed by atoms with Gasteiger partial charge >= 0.3 is 0 Å². The summed E-state index contributed by atoms with van der Waals surface area (Å²) in [4.78, 5) is 0. The predicted molar refractivity (Wildman–Crippen MR) is 162 cm³/mol. The minimum Gasteiger partial charge on any atom is -0.105 e. The van der Waals surface area contributed by atoms with Crippen molar-refractivity contribution in [2.75, 3.05) is 0 Å². The number of rotatable bonds is 0. The number of benzene rings is 4. The van der Waals surface area contributed by atoms with Gasteiger partial charge in [-0.1, -0.05) is 97.1 Å². The van der Waals surface area contributed by atoms with Gasteiger partial charge in [0.15, 0.2) is 0 Å². The van der Waals surface area contributed by atoms with Crippen molar-refractivity contribution in [2.45, 2.75) is 27.7 Å². The minimum atomic E-state index is 0. The van der Waals surface area contributed by atoms with Gasteiger partial charge in [0, 0.05) is 20.4 Å². The van der Waals surface area contributed by atoms with Crippen LogP contribution < -0.4 is 21.2 Å². The van der Waals surface area contributed by atoms with Gasteiger partial charge in [-0.25, -0.2) is 0 Å². The van der Waals surface area contributed by atoms with E-state index in [9.17, 15) is 0 Å². The predicted octanol–water partition coefficient (Wildman–Crippen LogP) is 5.98. The molecule has 0 N–H and O–H groups in total. The van der Waals surface area contributed by atoms with Crippen LogP contribution in [-0.4, -0.2) is 0 Å².